The van der Waals surface area contributed by atoms with E-state index in [-0.39, 0.29) is 24.6 Å². The van der Waals surface area contributed by atoms with Crippen molar-refractivity contribution in [1.82, 2.24) is 9.38 Å². The van der Waals surface area contributed by atoms with Crippen LogP contribution in [0.25, 0.3) is 5.65 Å². The molecule has 0 fully saturated rings. The van der Waals surface area contributed by atoms with Crippen molar-refractivity contribution in [3.63, 3.8) is 0 Å². The predicted molar refractivity (Wildman–Crippen MR) is 88.2 cm³/mol. The van der Waals surface area contributed by atoms with Gasteiger partial charge in [-0.05, 0) is 46.2 Å². The van der Waals surface area contributed by atoms with Crippen LogP contribution in [0.4, 0.5) is 0 Å². The van der Waals surface area contributed by atoms with Crippen molar-refractivity contribution in [2.45, 2.75) is 46.1 Å². The number of hydrogen-bond donors (Lipinski definition) is 1. The summed E-state index contributed by atoms with van der Waals surface area (Å²) in [6, 6.07) is 3.68. The van der Waals surface area contributed by atoms with Crippen molar-refractivity contribution in [2.24, 2.45) is 0 Å². The summed E-state index contributed by atoms with van der Waals surface area (Å²) in [7, 11) is 0. The van der Waals surface area contributed by atoms with E-state index in [1.54, 1.807) is 18.2 Å². The number of fused-ring (bicyclic) bond motifs is 1. The molecule has 2 heterocycles. The molecular weight excluding hydrogens is 304 g/mol. The molecular formula is C16H23ClN2O3. The Hall–Kier alpha value is -1.59. The second-order valence-electron chi connectivity index (χ2n) is 5.78. The summed E-state index contributed by atoms with van der Waals surface area (Å²) in [4.78, 5) is 16.9. The highest BCUT2D eigenvalue weighted by Crippen LogP contribution is 2.24. The number of rotatable bonds is 6. The van der Waals surface area contributed by atoms with Gasteiger partial charge in [-0.25, -0.2) is 4.98 Å². The maximum Gasteiger partial charge on any atom is 0.181 e. The first kappa shape index (κ1) is 18.5. The van der Waals surface area contributed by atoms with Gasteiger partial charge in [-0.2, -0.15) is 0 Å². The van der Waals surface area contributed by atoms with Gasteiger partial charge in [0, 0.05) is 12.6 Å². The average molecular weight is 327 g/mol. The van der Waals surface area contributed by atoms with Crippen LogP contribution >= 0.6 is 12.4 Å². The third-order valence-corrected chi connectivity index (χ3v) is 3.32. The highest BCUT2D eigenvalue weighted by molar-refractivity contribution is 5.96. The highest BCUT2D eigenvalue weighted by Gasteiger charge is 2.21. The normalized spacial score (nSPS) is 11.3. The number of aryl methyl sites for hydroxylation is 1. The van der Waals surface area contributed by atoms with Crippen LogP contribution in [0.1, 0.15) is 49.8 Å². The minimum atomic E-state index is -0.847. The summed E-state index contributed by atoms with van der Waals surface area (Å²) in [5.41, 5.74) is 1.06. The molecule has 0 unspecified atom stereocenters. The second-order valence-corrected chi connectivity index (χ2v) is 5.78. The molecule has 0 aliphatic heterocycles. The number of nitrogens with zero attached hydrogens (tertiary/aromatic N) is 2. The number of aliphatic hydroxyl groups is 1. The number of carbonyl (C=O) groups is 1. The molecule has 2 aromatic rings. The molecule has 0 aromatic carbocycles. The van der Waals surface area contributed by atoms with Gasteiger partial charge in [-0.3, -0.25) is 9.20 Å². The van der Waals surface area contributed by atoms with Crippen LogP contribution < -0.4 is 4.74 Å². The van der Waals surface area contributed by atoms with Crippen molar-refractivity contribution in [1.29, 1.82) is 0 Å². The molecule has 0 radical (unpaired) electrons. The lowest BCUT2D eigenvalue weighted by atomic mass is 9.99. The second kappa shape index (κ2) is 7.11. The van der Waals surface area contributed by atoms with E-state index in [0.717, 1.165) is 0 Å². The molecule has 22 heavy (non-hydrogen) atoms. The number of pyridine rings is 1. The van der Waals surface area contributed by atoms with Gasteiger partial charge < -0.3 is 9.84 Å². The average Bonchev–Trinajstić information content (AvgIpc) is 2.73. The van der Waals surface area contributed by atoms with Crippen molar-refractivity contribution in [2.75, 3.05) is 6.61 Å². The fourth-order valence-electron chi connectivity index (χ4n) is 2.30. The Morgan fingerprint density at radius 1 is 1.45 bits per heavy atom. The maximum absolute atomic E-state index is 12.4. The summed E-state index contributed by atoms with van der Waals surface area (Å²) < 4.78 is 7.32. The largest absolute Gasteiger partial charge is 0.490 e. The minimum Gasteiger partial charge on any atom is -0.490 e. The molecule has 1 N–H and O–H groups in total. The van der Waals surface area contributed by atoms with E-state index in [0.29, 0.717) is 35.8 Å². The smallest absolute Gasteiger partial charge is 0.181 e. The van der Waals surface area contributed by atoms with Crippen molar-refractivity contribution >= 4 is 23.8 Å². The number of ketones is 1. The molecule has 2 aromatic heterocycles. The SMILES string of the molecule is CCOc1cccn2c(C(=O)CCC(C)(C)O)c(C)nc12.Cl. The van der Waals surface area contributed by atoms with E-state index in [4.69, 9.17) is 4.74 Å². The maximum atomic E-state index is 12.4. The van der Waals surface area contributed by atoms with Crippen LogP contribution in [0.2, 0.25) is 0 Å². The highest BCUT2D eigenvalue weighted by atomic mass is 35.5. The molecule has 0 aliphatic rings. The molecule has 0 saturated carbocycles. The van der Waals surface area contributed by atoms with Gasteiger partial charge >= 0.3 is 0 Å². The number of imidazole rings is 1. The van der Waals surface area contributed by atoms with E-state index in [9.17, 15) is 9.90 Å². The number of ether oxygens (including phenoxy) is 1. The summed E-state index contributed by atoms with van der Waals surface area (Å²) in [6.45, 7) is 7.69. The number of carbonyl (C=O) groups excluding carboxylic acids is 1. The number of aromatic nitrogens is 2. The lowest BCUT2D eigenvalue weighted by Gasteiger charge is -2.16. The fraction of sp³-hybridized carbons (Fsp3) is 0.500. The first-order valence-corrected chi connectivity index (χ1v) is 7.19. The first-order valence-electron chi connectivity index (χ1n) is 7.19. The monoisotopic (exact) mass is 326 g/mol. The third-order valence-electron chi connectivity index (χ3n) is 3.32. The molecule has 0 saturated heterocycles. The van der Waals surface area contributed by atoms with Gasteiger partial charge in [0.15, 0.2) is 17.2 Å². The van der Waals surface area contributed by atoms with Gasteiger partial charge in [0.25, 0.3) is 0 Å². The molecule has 122 valence electrons. The van der Waals surface area contributed by atoms with Crippen LogP contribution in [0.5, 0.6) is 5.75 Å². The van der Waals surface area contributed by atoms with E-state index < -0.39 is 5.60 Å². The Kier molecular flexibility index (Phi) is 5.97. The van der Waals surface area contributed by atoms with E-state index in [1.807, 2.05) is 32.2 Å². The summed E-state index contributed by atoms with van der Waals surface area (Å²) in [5, 5.41) is 9.77. The van der Waals surface area contributed by atoms with Crippen LogP contribution in [0.15, 0.2) is 18.3 Å². The lowest BCUT2D eigenvalue weighted by Crippen LogP contribution is -2.20. The number of Topliss-reactive ketones (excluding diaryl/α,β-unsaturated/α-hetero) is 1. The zero-order valence-corrected chi connectivity index (χ0v) is 14.2. The molecule has 2 rings (SSSR count). The fourth-order valence-corrected chi connectivity index (χ4v) is 2.30. The number of hydrogen-bond acceptors (Lipinski definition) is 4. The van der Waals surface area contributed by atoms with E-state index in [1.165, 1.54) is 0 Å². The predicted octanol–water partition coefficient (Wildman–Crippen LogP) is 3.20. The van der Waals surface area contributed by atoms with Crippen LogP contribution in [0, 0.1) is 6.92 Å². The Morgan fingerprint density at radius 2 is 2.14 bits per heavy atom. The Bertz CT molecular complexity index is 659. The van der Waals surface area contributed by atoms with Gasteiger partial charge in [-0.15, -0.1) is 12.4 Å². The van der Waals surface area contributed by atoms with E-state index >= 15 is 0 Å². The summed E-state index contributed by atoms with van der Waals surface area (Å²) in [5.74, 6) is 0.653. The van der Waals surface area contributed by atoms with E-state index in [2.05, 4.69) is 4.98 Å². The molecule has 5 nitrogen and oxygen atoms in total. The Balaban J connectivity index is 0.00000242. The molecule has 0 spiro atoms. The van der Waals surface area contributed by atoms with Gasteiger partial charge in [0.05, 0.1) is 17.9 Å². The number of halogens is 1. The van der Waals surface area contributed by atoms with Gasteiger partial charge in [0.1, 0.15) is 5.69 Å². The Labute approximate surface area is 136 Å². The zero-order chi connectivity index (χ0) is 15.6. The van der Waals surface area contributed by atoms with Crippen molar-refractivity contribution in [3.8, 4) is 5.75 Å². The standard InChI is InChI=1S/C16H22N2O3.ClH/c1-5-21-13-7-6-10-18-14(11(2)17-15(13)18)12(19)8-9-16(3,4)20;/h6-7,10,20H,5,8-9H2,1-4H3;1H. The minimum absolute atomic E-state index is 0. The lowest BCUT2D eigenvalue weighted by molar-refractivity contribution is 0.0631. The zero-order valence-electron chi connectivity index (χ0n) is 13.4. The van der Waals surface area contributed by atoms with Gasteiger partial charge in [0.2, 0.25) is 0 Å². The summed E-state index contributed by atoms with van der Waals surface area (Å²) in [6.07, 6.45) is 2.52. The van der Waals surface area contributed by atoms with Crippen LogP contribution in [0.3, 0.4) is 0 Å². The van der Waals surface area contributed by atoms with Crippen LogP contribution in [-0.4, -0.2) is 32.5 Å². The van der Waals surface area contributed by atoms with Crippen LogP contribution in [-0.2, 0) is 0 Å². The molecule has 6 heteroatoms. The molecule has 0 bridgehead atoms. The van der Waals surface area contributed by atoms with Crippen molar-refractivity contribution < 1.29 is 14.6 Å². The third kappa shape index (κ3) is 3.99. The molecule has 0 amide bonds. The quantitative estimate of drug-likeness (QED) is 0.828. The molecule has 0 atom stereocenters. The van der Waals surface area contributed by atoms with Crippen molar-refractivity contribution in [3.05, 3.63) is 29.7 Å². The topological polar surface area (TPSA) is 63.8 Å². The summed E-state index contributed by atoms with van der Waals surface area (Å²) >= 11 is 0. The van der Waals surface area contributed by atoms with Gasteiger partial charge in [-0.1, -0.05) is 0 Å². The first-order chi connectivity index (χ1) is 9.83. The Morgan fingerprint density at radius 3 is 2.73 bits per heavy atom. The molecule has 0 aliphatic carbocycles.